The van der Waals surface area contributed by atoms with Gasteiger partial charge in [0.2, 0.25) is 0 Å². The van der Waals surface area contributed by atoms with Gasteiger partial charge in [-0.15, -0.1) is 0 Å². The minimum absolute atomic E-state index is 1.37. The van der Waals surface area contributed by atoms with E-state index in [0.717, 1.165) is 0 Å². The summed E-state index contributed by atoms with van der Waals surface area (Å²) in [7, 11) is 4.24. The molecule has 0 saturated carbocycles. The maximum Gasteiger partial charge on any atom is 0.138 e. The van der Waals surface area contributed by atoms with Gasteiger partial charge in [0.25, 0.3) is 0 Å². The molecule has 0 N–H and O–H groups in total. The quantitative estimate of drug-likeness (QED) is 0.327. The smallest absolute Gasteiger partial charge is 0.0996 e. The summed E-state index contributed by atoms with van der Waals surface area (Å²) in [5.74, 6) is 0. The first-order valence-corrected chi connectivity index (χ1v) is 2.98. The number of hydrogen-bond acceptors (Lipinski definition) is 0. The van der Waals surface area contributed by atoms with E-state index in [2.05, 4.69) is 41.7 Å². The third-order valence-corrected chi connectivity index (χ3v) is 1.49. The van der Waals surface area contributed by atoms with E-state index in [4.69, 9.17) is 0 Å². The molecule has 2 heteroatoms. The van der Waals surface area contributed by atoms with Crippen LogP contribution in [0.5, 0.6) is 0 Å². The van der Waals surface area contributed by atoms with Crippen molar-refractivity contribution in [3.63, 3.8) is 0 Å². The normalized spacial score (nSPS) is 14.2. The summed E-state index contributed by atoms with van der Waals surface area (Å²) in [6, 6.07) is 0. The van der Waals surface area contributed by atoms with Gasteiger partial charge in [-0.25, -0.2) is 0 Å². The van der Waals surface area contributed by atoms with Gasteiger partial charge in [0.1, 0.15) is 15.7 Å². The average molecular weight is 106 g/mol. The third-order valence-electron chi connectivity index (χ3n) is 1.49. The maximum atomic E-state index is 2.12. The lowest BCUT2D eigenvalue weighted by Crippen LogP contribution is -1.85. The van der Waals surface area contributed by atoms with E-state index in [1.165, 1.54) is 10.9 Å². The topological polar surface area (TPSA) is 0 Å². The van der Waals surface area contributed by atoms with Crippen LogP contribution in [0.25, 0.3) is 0 Å². The lowest BCUT2D eigenvalue weighted by atomic mass is 9.77. The first-order valence-electron chi connectivity index (χ1n) is 2.98. The van der Waals surface area contributed by atoms with Crippen molar-refractivity contribution >= 4 is 15.7 Å². The van der Waals surface area contributed by atoms with Crippen molar-refractivity contribution in [2.45, 2.75) is 13.8 Å². The van der Waals surface area contributed by atoms with Crippen LogP contribution in [-0.2, 0) is 0 Å². The zero-order chi connectivity index (χ0) is 6.57. The molecule has 0 heterocycles. The summed E-state index contributed by atoms with van der Waals surface area (Å²) < 4.78 is 0. The third kappa shape index (κ3) is 2.06. The summed E-state index contributed by atoms with van der Waals surface area (Å²) in [5.41, 5.74) is 2.74. The molecule has 0 aliphatic carbocycles. The van der Waals surface area contributed by atoms with E-state index in [-0.39, 0.29) is 0 Å². The van der Waals surface area contributed by atoms with E-state index in [1.54, 1.807) is 0 Å². The molecular weight excluding hydrogens is 93.7 g/mol. The summed E-state index contributed by atoms with van der Waals surface area (Å²) in [5, 5.41) is 0. The van der Waals surface area contributed by atoms with E-state index in [0.29, 0.717) is 0 Å². The molecule has 0 rings (SSSR count). The monoisotopic (exact) mass is 106 g/mol. The Kier molecular flexibility index (Phi) is 3.42. The van der Waals surface area contributed by atoms with Gasteiger partial charge >= 0.3 is 0 Å². The molecule has 0 aromatic rings. The van der Waals surface area contributed by atoms with Gasteiger partial charge in [0, 0.05) is 0 Å². The molecule has 0 nitrogen and oxygen atoms in total. The largest absolute Gasteiger partial charge is 0.138 e. The Hall–Kier alpha value is -0.390. The highest BCUT2D eigenvalue weighted by Crippen LogP contribution is 1.98. The molecule has 8 heavy (non-hydrogen) atoms. The minimum Gasteiger partial charge on any atom is -0.0996 e. The number of hydrogen-bond donors (Lipinski definition) is 0. The Morgan fingerprint density at radius 2 is 1.25 bits per heavy atom. The predicted octanol–water partition coefficient (Wildman–Crippen LogP) is 0.0602. The average Bonchev–Trinajstić information content (AvgIpc) is 1.84. The summed E-state index contributed by atoms with van der Waals surface area (Å²) in [6.45, 7) is 4.12. The second-order valence-electron chi connectivity index (χ2n) is 1.94. The van der Waals surface area contributed by atoms with Crippen molar-refractivity contribution in [1.29, 1.82) is 0 Å². The van der Waals surface area contributed by atoms with Gasteiger partial charge in [-0.3, -0.25) is 0 Å². The van der Waals surface area contributed by atoms with Gasteiger partial charge in [-0.05, 0) is 13.8 Å². The standard InChI is InChI=1S/C6H12B2/c1-3-5(7)6(8)4-2/h3-4H,7-8H2,1-2H3/b5-3+,6-4+. The molecule has 0 atom stereocenters. The number of rotatable bonds is 1. The molecule has 0 aromatic heterocycles. The van der Waals surface area contributed by atoms with E-state index >= 15 is 0 Å². The molecule has 0 fully saturated rings. The van der Waals surface area contributed by atoms with Crippen LogP contribution in [0, 0.1) is 0 Å². The predicted molar refractivity (Wildman–Crippen MR) is 44.6 cm³/mol. The highest BCUT2D eigenvalue weighted by atomic mass is 13.8. The van der Waals surface area contributed by atoms with E-state index in [1.807, 2.05) is 0 Å². The van der Waals surface area contributed by atoms with Crippen LogP contribution in [0.4, 0.5) is 0 Å². The van der Waals surface area contributed by atoms with Crippen LogP contribution in [0.1, 0.15) is 13.8 Å². The molecule has 0 spiro atoms. The molecule has 0 radical (unpaired) electrons. The van der Waals surface area contributed by atoms with Gasteiger partial charge in [0.05, 0.1) is 0 Å². The molecule has 42 valence electrons. The van der Waals surface area contributed by atoms with Crippen LogP contribution >= 0.6 is 0 Å². The molecule has 0 aromatic carbocycles. The van der Waals surface area contributed by atoms with Crippen molar-refractivity contribution in [2.75, 3.05) is 0 Å². The Morgan fingerprint density at radius 3 is 1.38 bits per heavy atom. The Bertz CT molecular complexity index is 106. The first kappa shape index (κ1) is 7.61. The summed E-state index contributed by atoms with van der Waals surface area (Å²) in [6.07, 6.45) is 4.24. The van der Waals surface area contributed by atoms with Crippen molar-refractivity contribution in [3.05, 3.63) is 23.1 Å². The van der Waals surface area contributed by atoms with Crippen LogP contribution in [0.3, 0.4) is 0 Å². The number of allylic oxidation sites excluding steroid dienone is 4. The summed E-state index contributed by atoms with van der Waals surface area (Å²) >= 11 is 0. The zero-order valence-corrected chi connectivity index (χ0v) is 6.15. The zero-order valence-electron chi connectivity index (χ0n) is 6.15. The first-order chi connectivity index (χ1) is 3.72. The second-order valence-corrected chi connectivity index (χ2v) is 1.94. The van der Waals surface area contributed by atoms with Gasteiger partial charge in [0.15, 0.2) is 0 Å². The van der Waals surface area contributed by atoms with Crippen LogP contribution in [0.15, 0.2) is 23.1 Å². The second kappa shape index (κ2) is 3.59. The minimum atomic E-state index is 1.37. The van der Waals surface area contributed by atoms with Gasteiger partial charge in [-0.1, -0.05) is 23.1 Å². The Balaban J connectivity index is 4.04. The van der Waals surface area contributed by atoms with Crippen molar-refractivity contribution in [3.8, 4) is 0 Å². The highest BCUT2D eigenvalue weighted by molar-refractivity contribution is 6.36. The molecule has 0 amide bonds. The Labute approximate surface area is 53.5 Å². The maximum absolute atomic E-state index is 2.12. The highest BCUT2D eigenvalue weighted by Gasteiger charge is 1.85. The van der Waals surface area contributed by atoms with Gasteiger partial charge < -0.3 is 0 Å². The SMILES string of the molecule is BC(=C/C)/C(B)=C\C. The lowest BCUT2D eigenvalue weighted by molar-refractivity contribution is 1.62. The fraction of sp³-hybridized carbons (Fsp3) is 0.333. The molecule has 0 aliphatic heterocycles. The van der Waals surface area contributed by atoms with E-state index < -0.39 is 0 Å². The molecule has 0 aliphatic rings. The van der Waals surface area contributed by atoms with Crippen LogP contribution in [-0.4, -0.2) is 15.7 Å². The van der Waals surface area contributed by atoms with Crippen LogP contribution in [0.2, 0.25) is 0 Å². The van der Waals surface area contributed by atoms with Crippen LogP contribution < -0.4 is 0 Å². The van der Waals surface area contributed by atoms with Gasteiger partial charge in [-0.2, -0.15) is 0 Å². The van der Waals surface area contributed by atoms with E-state index in [9.17, 15) is 0 Å². The molecular formula is C6H12B2. The van der Waals surface area contributed by atoms with Crippen molar-refractivity contribution < 1.29 is 0 Å². The van der Waals surface area contributed by atoms with Crippen molar-refractivity contribution in [2.24, 2.45) is 0 Å². The molecule has 0 bridgehead atoms. The summed E-state index contributed by atoms with van der Waals surface area (Å²) in [4.78, 5) is 0. The lowest BCUT2D eigenvalue weighted by Gasteiger charge is -1.95. The fourth-order valence-electron chi connectivity index (χ4n) is 0.455. The fourth-order valence-corrected chi connectivity index (χ4v) is 0.455. The molecule has 0 unspecified atom stereocenters. The Morgan fingerprint density at radius 1 is 1.00 bits per heavy atom. The van der Waals surface area contributed by atoms with Crippen molar-refractivity contribution in [1.82, 2.24) is 0 Å². The molecule has 0 saturated heterocycles.